The van der Waals surface area contributed by atoms with Crippen LogP contribution in [0.2, 0.25) is 0 Å². The third-order valence-electron chi connectivity index (χ3n) is 4.53. The monoisotopic (exact) mass is 380 g/mol. The average molecular weight is 380 g/mol. The summed E-state index contributed by atoms with van der Waals surface area (Å²) < 4.78 is 10.7. The maximum Gasteiger partial charge on any atom is 0.338 e. The van der Waals surface area contributed by atoms with Crippen LogP contribution < -0.4 is 9.47 Å². The van der Waals surface area contributed by atoms with Gasteiger partial charge in [0.25, 0.3) is 0 Å². The minimum absolute atomic E-state index is 0.264. The molecular weight excluding hydrogens is 352 g/mol. The van der Waals surface area contributed by atoms with Gasteiger partial charge in [-0.2, -0.15) is 0 Å². The van der Waals surface area contributed by atoms with Gasteiger partial charge in [-0.3, -0.25) is 4.79 Å². The summed E-state index contributed by atoms with van der Waals surface area (Å²) in [5, 5.41) is 0. The zero-order valence-electron chi connectivity index (χ0n) is 17.5. The SMILES string of the molecule is C=C(C)C(=O)Oc1ccc(C(C)(C)c2ccc(OC(=O)C(C)(C)C)cc2)cc1. The molecule has 0 fully saturated rings. The minimum Gasteiger partial charge on any atom is -0.426 e. The summed E-state index contributed by atoms with van der Waals surface area (Å²) in [6, 6.07) is 15.0. The van der Waals surface area contributed by atoms with Crippen molar-refractivity contribution in [2.45, 2.75) is 47.0 Å². The molecule has 0 saturated heterocycles. The number of hydrogen-bond acceptors (Lipinski definition) is 4. The Hall–Kier alpha value is -2.88. The number of rotatable bonds is 5. The van der Waals surface area contributed by atoms with Gasteiger partial charge in [0.05, 0.1) is 5.41 Å². The fourth-order valence-electron chi connectivity index (χ4n) is 2.50. The number of benzene rings is 2. The topological polar surface area (TPSA) is 52.6 Å². The van der Waals surface area contributed by atoms with Gasteiger partial charge >= 0.3 is 11.9 Å². The second kappa shape index (κ2) is 8.01. The largest absolute Gasteiger partial charge is 0.426 e. The van der Waals surface area contributed by atoms with Gasteiger partial charge in [0.15, 0.2) is 0 Å². The number of hydrogen-bond donors (Lipinski definition) is 0. The first-order valence-electron chi connectivity index (χ1n) is 9.22. The molecule has 28 heavy (non-hydrogen) atoms. The van der Waals surface area contributed by atoms with E-state index in [4.69, 9.17) is 9.47 Å². The Balaban J connectivity index is 2.16. The van der Waals surface area contributed by atoms with Gasteiger partial charge < -0.3 is 9.47 Å². The van der Waals surface area contributed by atoms with Crippen molar-refractivity contribution in [2.75, 3.05) is 0 Å². The van der Waals surface area contributed by atoms with Gasteiger partial charge in [0, 0.05) is 11.0 Å². The fourth-order valence-corrected chi connectivity index (χ4v) is 2.50. The van der Waals surface area contributed by atoms with Crippen LogP contribution in [0.4, 0.5) is 0 Å². The Morgan fingerprint density at radius 2 is 1.14 bits per heavy atom. The average Bonchev–Trinajstić information content (AvgIpc) is 2.61. The molecule has 0 bridgehead atoms. The number of carbonyl (C=O) groups excluding carboxylic acids is 2. The summed E-state index contributed by atoms with van der Waals surface area (Å²) in [7, 11) is 0. The molecule has 0 aliphatic heterocycles. The molecular formula is C24H28O4. The lowest BCUT2D eigenvalue weighted by Crippen LogP contribution is -2.25. The molecule has 2 aromatic rings. The first kappa shape index (κ1) is 21.4. The van der Waals surface area contributed by atoms with E-state index in [2.05, 4.69) is 20.4 Å². The Morgan fingerprint density at radius 3 is 1.50 bits per heavy atom. The summed E-state index contributed by atoms with van der Waals surface area (Å²) in [6.07, 6.45) is 0. The summed E-state index contributed by atoms with van der Waals surface area (Å²) in [4.78, 5) is 23.7. The molecule has 4 heteroatoms. The third kappa shape index (κ3) is 5.10. The minimum atomic E-state index is -0.548. The molecule has 0 spiro atoms. The van der Waals surface area contributed by atoms with E-state index in [0.717, 1.165) is 11.1 Å². The van der Waals surface area contributed by atoms with Crippen LogP contribution in [0.1, 0.15) is 52.7 Å². The van der Waals surface area contributed by atoms with Crippen LogP contribution in [0.5, 0.6) is 11.5 Å². The first-order valence-corrected chi connectivity index (χ1v) is 9.22. The Kier molecular flexibility index (Phi) is 6.13. The lowest BCUT2D eigenvalue weighted by atomic mass is 9.78. The lowest BCUT2D eigenvalue weighted by molar-refractivity contribution is -0.143. The van der Waals surface area contributed by atoms with E-state index < -0.39 is 11.4 Å². The zero-order chi connectivity index (χ0) is 21.1. The Labute approximate surface area is 167 Å². The molecule has 0 aliphatic carbocycles. The molecule has 0 amide bonds. The van der Waals surface area contributed by atoms with Gasteiger partial charge in [-0.25, -0.2) is 4.79 Å². The summed E-state index contributed by atoms with van der Waals surface area (Å²) >= 11 is 0. The third-order valence-corrected chi connectivity index (χ3v) is 4.53. The highest BCUT2D eigenvalue weighted by Gasteiger charge is 2.25. The Bertz CT molecular complexity index is 866. The normalized spacial score (nSPS) is 11.6. The van der Waals surface area contributed by atoms with E-state index in [1.807, 2.05) is 57.2 Å². The molecule has 0 aromatic heterocycles. The summed E-state index contributed by atoms with van der Waals surface area (Å²) in [5.74, 6) is 0.310. The van der Waals surface area contributed by atoms with Crippen molar-refractivity contribution in [2.24, 2.45) is 5.41 Å². The molecule has 0 radical (unpaired) electrons. The van der Waals surface area contributed by atoms with Gasteiger partial charge in [-0.15, -0.1) is 0 Å². The molecule has 148 valence electrons. The predicted octanol–water partition coefficient (Wildman–Crippen LogP) is 5.45. The maximum absolute atomic E-state index is 12.0. The van der Waals surface area contributed by atoms with Gasteiger partial charge in [-0.1, -0.05) is 44.7 Å². The van der Waals surface area contributed by atoms with Crippen molar-refractivity contribution in [3.63, 3.8) is 0 Å². The molecule has 2 aromatic carbocycles. The standard InChI is InChI=1S/C24H28O4/c1-16(2)21(25)27-19-12-8-17(9-13-19)24(6,7)18-10-14-20(15-11-18)28-22(26)23(3,4)5/h8-15H,1H2,2-7H3. The summed E-state index contributed by atoms with van der Waals surface area (Å²) in [5.41, 5.74) is 1.69. The van der Waals surface area contributed by atoms with Crippen LogP contribution >= 0.6 is 0 Å². The fraction of sp³-hybridized carbons (Fsp3) is 0.333. The van der Waals surface area contributed by atoms with Gasteiger partial charge in [-0.05, 0) is 63.1 Å². The molecule has 0 heterocycles. The number of esters is 2. The van der Waals surface area contributed by atoms with Gasteiger partial charge in [0.2, 0.25) is 0 Å². The molecule has 2 rings (SSSR count). The van der Waals surface area contributed by atoms with Crippen LogP contribution in [0.3, 0.4) is 0 Å². The predicted molar refractivity (Wildman–Crippen MR) is 111 cm³/mol. The highest BCUT2D eigenvalue weighted by atomic mass is 16.5. The van der Waals surface area contributed by atoms with Crippen LogP contribution in [0, 0.1) is 5.41 Å². The van der Waals surface area contributed by atoms with Crippen molar-refractivity contribution in [3.8, 4) is 11.5 Å². The molecule has 0 unspecified atom stereocenters. The smallest absolute Gasteiger partial charge is 0.338 e. The van der Waals surface area contributed by atoms with Crippen LogP contribution in [-0.4, -0.2) is 11.9 Å². The van der Waals surface area contributed by atoms with E-state index in [1.54, 1.807) is 19.1 Å². The molecule has 0 aliphatic rings. The van der Waals surface area contributed by atoms with Crippen molar-refractivity contribution in [1.82, 2.24) is 0 Å². The van der Waals surface area contributed by atoms with E-state index >= 15 is 0 Å². The van der Waals surface area contributed by atoms with Crippen LogP contribution in [-0.2, 0) is 15.0 Å². The van der Waals surface area contributed by atoms with Crippen LogP contribution in [0.25, 0.3) is 0 Å². The zero-order valence-corrected chi connectivity index (χ0v) is 17.5. The molecule has 0 atom stereocenters. The van der Waals surface area contributed by atoms with Gasteiger partial charge in [0.1, 0.15) is 11.5 Å². The van der Waals surface area contributed by atoms with Crippen molar-refractivity contribution < 1.29 is 19.1 Å². The molecule has 0 N–H and O–H groups in total. The van der Waals surface area contributed by atoms with E-state index in [-0.39, 0.29) is 11.4 Å². The highest BCUT2D eigenvalue weighted by Crippen LogP contribution is 2.33. The summed E-state index contributed by atoms with van der Waals surface area (Å²) in [6.45, 7) is 14.9. The van der Waals surface area contributed by atoms with E-state index in [1.165, 1.54) is 0 Å². The van der Waals surface area contributed by atoms with Crippen molar-refractivity contribution in [3.05, 3.63) is 71.8 Å². The second-order valence-electron chi connectivity index (χ2n) is 8.48. The van der Waals surface area contributed by atoms with Crippen molar-refractivity contribution in [1.29, 1.82) is 0 Å². The number of ether oxygens (including phenoxy) is 2. The van der Waals surface area contributed by atoms with E-state index in [0.29, 0.717) is 17.1 Å². The van der Waals surface area contributed by atoms with E-state index in [9.17, 15) is 9.59 Å². The van der Waals surface area contributed by atoms with Crippen molar-refractivity contribution >= 4 is 11.9 Å². The highest BCUT2D eigenvalue weighted by molar-refractivity contribution is 5.88. The quantitative estimate of drug-likeness (QED) is 0.393. The maximum atomic E-state index is 12.0. The first-order chi connectivity index (χ1) is 12.9. The molecule has 4 nitrogen and oxygen atoms in total. The molecule has 0 saturated carbocycles. The second-order valence-corrected chi connectivity index (χ2v) is 8.48. The lowest BCUT2D eigenvalue weighted by Gasteiger charge is -2.26. The number of carbonyl (C=O) groups is 2. The van der Waals surface area contributed by atoms with Crippen LogP contribution in [0.15, 0.2) is 60.7 Å². The Morgan fingerprint density at radius 1 is 0.750 bits per heavy atom.